The number of carbonyl (C=O) groups excluding carboxylic acids is 1. The second-order valence-corrected chi connectivity index (χ2v) is 8.49. The maximum Gasteiger partial charge on any atom is 0.410 e. The standard InChI is InChI=1S/C20H30ClN3O5/c1-20(2,3)29-19(25)22(4)15-8-11-23(12-9-15)17-7-6-16(24(26)27)14-18(17)28-13-5-10-21/h6-7,14-15H,5,8-13H2,1-4H3. The monoisotopic (exact) mass is 427 g/mol. The van der Waals surface area contributed by atoms with Gasteiger partial charge >= 0.3 is 6.09 Å². The summed E-state index contributed by atoms with van der Waals surface area (Å²) in [4.78, 5) is 26.8. The van der Waals surface area contributed by atoms with Crippen molar-refractivity contribution in [3.63, 3.8) is 0 Å². The average Bonchev–Trinajstić information content (AvgIpc) is 2.66. The van der Waals surface area contributed by atoms with Crippen LogP contribution < -0.4 is 9.64 Å². The Labute approximate surface area is 176 Å². The first-order valence-corrected chi connectivity index (χ1v) is 10.3. The van der Waals surface area contributed by atoms with Gasteiger partial charge in [-0.3, -0.25) is 10.1 Å². The number of amides is 1. The molecule has 1 aliphatic rings. The third-order valence-electron chi connectivity index (χ3n) is 4.72. The molecule has 0 N–H and O–H groups in total. The van der Waals surface area contributed by atoms with Gasteiger partial charge in [-0.05, 0) is 46.1 Å². The Balaban J connectivity index is 2.05. The fourth-order valence-electron chi connectivity index (χ4n) is 3.21. The predicted molar refractivity (Wildman–Crippen MR) is 113 cm³/mol. The van der Waals surface area contributed by atoms with Crippen molar-refractivity contribution in [1.82, 2.24) is 4.90 Å². The first-order valence-electron chi connectivity index (χ1n) is 9.80. The molecule has 1 fully saturated rings. The lowest BCUT2D eigenvalue weighted by molar-refractivity contribution is -0.384. The number of piperidine rings is 1. The minimum absolute atomic E-state index is 0.00540. The SMILES string of the molecule is CN(C(=O)OC(C)(C)C)C1CCN(c2ccc([N+](=O)[O-])cc2OCCCCl)CC1. The van der Waals surface area contributed by atoms with E-state index in [9.17, 15) is 14.9 Å². The van der Waals surface area contributed by atoms with Crippen molar-refractivity contribution in [2.24, 2.45) is 0 Å². The van der Waals surface area contributed by atoms with Crippen LogP contribution in [0.25, 0.3) is 0 Å². The lowest BCUT2D eigenvalue weighted by atomic mass is 10.0. The molecule has 0 spiro atoms. The highest BCUT2D eigenvalue weighted by molar-refractivity contribution is 6.17. The number of non-ortho nitro benzene ring substituents is 1. The van der Waals surface area contributed by atoms with E-state index in [1.165, 1.54) is 12.1 Å². The van der Waals surface area contributed by atoms with E-state index in [1.54, 1.807) is 18.0 Å². The molecule has 162 valence electrons. The first kappa shape index (κ1) is 23.1. The number of nitro benzene ring substituents is 1. The van der Waals surface area contributed by atoms with Gasteiger partial charge in [0.15, 0.2) is 0 Å². The summed E-state index contributed by atoms with van der Waals surface area (Å²) < 4.78 is 11.2. The summed E-state index contributed by atoms with van der Waals surface area (Å²) in [6, 6.07) is 4.76. The second-order valence-electron chi connectivity index (χ2n) is 8.11. The van der Waals surface area contributed by atoms with Crippen LogP contribution in [0.2, 0.25) is 0 Å². The van der Waals surface area contributed by atoms with E-state index in [2.05, 4.69) is 4.90 Å². The van der Waals surface area contributed by atoms with Crippen molar-refractivity contribution < 1.29 is 19.2 Å². The quantitative estimate of drug-likeness (QED) is 0.277. The molecule has 1 saturated heterocycles. The molecule has 1 aromatic carbocycles. The van der Waals surface area contributed by atoms with Gasteiger partial charge < -0.3 is 19.3 Å². The van der Waals surface area contributed by atoms with Gasteiger partial charge in [0.25, 0.3) is 5.69 Å². The van der Waals surface area contributed by atoms with Crippen molar-refractivity contribution in [2.75, 3.05) is 37.5 Å². The molecule has 0 saturated carbocycles. The van der Waals surface area contributed by atoms with Gasteiger partial charge in [0.1, 0.15) is 11.4 Å². The smallest absolute Gasteiger partial charge is 0.410 e. The Hall–Kier alpha value is -2.22. The maximum atomic E-state index is 12.3. The summed E-state index contributed by atoms with van der Waals surface area (Å²) in [6.45, 7) is 7.36. The van der Waals surface area contributed by atoms with Gasteiger partial charge in [0.05, 0.1) is 23.3 Å². The van der Waals surface area contributed by atoms with Gasteiger partial charge in [-0.2, -0.15) is 0 Å². The number of halogens is 1. The van der Waals surface area contributed by atoms with Gasteiger partial charge in [0, 0.05) is 38.1 Å². The topological polar surface area (TPSA) is 85.2 Å². The van der Waals surface area contributed by atoms with Crippen molar-refractivity contribution in [2.45, 2.75) is 51.7 Å². The summed E-state index contributed by atoms with van der Waals surface area (Å²) >= 11 is 5.71. The third-order valence-corrected chi connectivity index (χ3v) is 4.99. The molecule has 0 radical (unpaired) electrons. The third kappa shape index (κ3) is 6.66. The molecule has 9 heteroatoms. The lowest BCUT2D eigenvalue weighted by Crippen LogP contribution is -2.47. The number of ether oxygens (including phenoxy) is 2. The van der Waals surface area contributed by atoms with Crippen LogP contribution in [0.3, 0.4) is 0 Å². The van der Waals surface area contributed by atoms with Gasteiger partial charge in [-0.1, -0.05) is 0 Å². The van der Waals surface area contributed by atoms with E-state index >= 15 is 0 Å². The fourth-order valence-corrected chi connectivity index (χ4v) is 3.32. The van der Waals surface area contributed by atoms with Crippen LogP contribution in [0.1, 0.15) is 40.0 Å². The van der Waals surface area contributed by atoms with Gasteiger partial charge in [0.2, 0.25) is 0 Å². The molecule has 1 amide bonds. The Morgan fingerprint density at radius 3 is 2.55 bits per heavy atom. The number of nitrogens with zero attached hydrogens (tertiary/aromatic N) is 3. The molecule has 2 rings (SSSR count). The highest BCUT2D eigenvalue weighted by atomic mass is 35.5. The highest BCUT2D eigenvalue weighted by Gasteiger charge is 2.29. The van der Waals surface area contributed by atoms with E-state index in [0.29, 0.717) is 37.7 Å². The van der Waals surface area contributed by atoms with E-state index in [4.69, 9.17) is 21.1 Å². The number of hydrogen-bond donors (Lipinski definition) is 0. The van der Waals surface area contributed by atoms with Gasteiger partial charge in [-0.25, -0.2) is 4.79 Å². The molecule has 0 aliphatic carbocycles. The number of alkyl halides is 1. The van der Waals surface area contributed by atoms with Crippen LogP contribution in [0, 0.1) is 10.1 Å². The van der Waals surface area contributed by atoms with Crippen molar-refractivity contribution in [3.8, 4) is 5.75 Å². The largest absolute Gasteiger partial charge is 0.491 e. The van der Waals surface area contributed by atoms with Crippen LogP contribution in [-0.4, -0.2) is 60.2 Å². The number of rotatable bonds is 7. The fraction of sp³-hybridized carbons (Fsp3) is 0.650. The Kier molecular flexibility index (Phi) is 7.96. The van der Waals surface area contributed by atoms with E-state index in [-0.39, 0.29) is 17.8 Å². The normalized spacial score (nSPS) is 15.1. The van der Waals surface area contributed by atoms with Crippen molar-refractivity contribution in [3.05, 3.63) is 28.3 Å². The van der Waals surface area contributed by atoms with Crippen LogP contribution >= 0.6 is 11.6 Å². The van der Waals surface area contributed by atoms with Crippen LogP contribution in [0.15, 0.2) is 18.2 Å². The highest BCUT2D eigenvalue weighted by Crippen LogP contribution is 2.34. The number of nitro groups is 1. The Morgan fingerprint density at radius 2 is 2.00 bits per heavy atom. The minimum atomic E-state index is -0.528. The van der Waals surface area contributed by atoms with Crippen molar-refractivity contribution in [1.29, 1.82) is 0 Å². The number of benzene rings is 1. The van der Waals surface area contributed by atoms with E-state index in [0.717, 1.165) is 18.5 Å². The number of carbonyl (C=O) groups is 1. The summed E-state index contributed by atoms with van der Waals surface area (Å²) in [7, 11) is 1.76. The number of hydrogen-bond acceptors (Lipinski definition) is 6. The molecule has 8 nitrogen and oxygen atoms in total. The molecular formula is C20H30ClN3O5. The zero-order chi connectivity index (χ0) is 21.6. The van der Waals surface area contributed by atoms with E-state index in [1.807, 2.05) is 20.8 Å². The molecule has 0 aromatic heterocycles. The van der Waals surface area contributed by atoms with Crippen LogP contribution in [0.5, 0.6) is 5.75 Å². The molecule has 0 bridgehead atoms. The first-order chi connectivity index (χ1) is 13.6. The molecule has 1 aliphatic heterocycles. The molecule has 1 aromatic rings. The second kappa shape index (κ2) is 10.0. The van der Waals surface area contributed by atoms with Crippen LogP contribution in [-0.2, 0) is 4.74 Å². The zero-order valence-electron chi connectivity index (χ0n) is 17.5. The van der Waals surface area contributed by atoms with Gasteiger partial charge in [-0.15, -0.1) is 11.6 Å². The molecular weight excluding hydrogens is 398 g/mol. The molecule has 1 heterocycles. The Morgan fingerprint density at radius 1 is 1.34 bits per heavy atom. The predicted octanol–water partition coefficient (Wildman–Crippen LogP) is 4.44. The molecule has 29 heavy (non-hydrogen) atoms. The Bertz CT molecular complexity index is 715. The summed E-state index contributed by atoms with van der Waals surface area (Å²) in [5, 5.41) is 11.1. The van der Waals surface area contributed by atoms with Crippen molar-refractivity contribution >= 4 is 29.1 Å². The van der Waals surface area contributed by atoms with E-state index < -0.39 is 10.5 Å². The number of anilines is 1. The van der Waals surface area contributed by atoms with Crippen LogP contribution in [0.4, 0.5) is 16.2 Å². The summed E-state index contributed by atoms with van der Waals surface area (Å²) in [5.41, 5.74) is 0.290. The minimum Gasteiger partial charge on any atom is -0.491 e. The maximum absolute atomic E-state index is 12.3. The molecule has 0 unspecified atom stereocenters. The summed E-state index contributed by atoms with van der Waals surface area (Å²) in [6.07, 6.45) is 1.88. The lowest BCUT2D eigenvalue weighted by Gasteiger charge is -2.38. The zero-order valence-corrected chi connectivity index (χ0v) is 18.3. The average molecular weight is 428 g/mol. The molecule has 0 atom stereocenters. The summed E-state index contributed by atoms with van der Waals surface area (Å²) in [5.74, 6) is 0.954.